The number of nitrogens with zero attached hydrogens (tertiary/aromatic N) is 1. The van der Waals surface area contributed by atoms with Crippen molar-refractivity contribution >= 4 is 17.9 Å². The Kier molecular flexibility index (Phi) is 42.5. The van der Waals surface area contributed by atoms with E-state index < -0.39 is 18.1 Å². The zero-order valence-corrected chi connectivity index (χ0v) is 40.8. The third-order valence-electron chi connectivity index (χ3n) is 11.2. The van der Waals surface area contributed by atoms with Crippen LogP contribution in [0.2, 0.25) is 0 Å². The van der Waals surface area contributed by atoms with Gasteiger partial charge in [0.25, 0.3) is 0 Å². The number of unbranched alkanes of at least 4 members (excludes halogenated alkanes) is 21. The Labute approximate surface area is 381 Å². The number of esters is 2. The highest BCUT2D eigenvalue weighted by Crippen LogP contribution is 2.15. The summed E-state index contributed by atoms with van der Waals surface area (Å²) < 4.78 is 17.3. The fourth-order valence-corrected chi connectivity index (χ4v) is 7.25. The number of ether oxygens (including phenoxy) is 3. The highest BCUT2D eigenvalue weighted by Gasteiger charge is 2.31. The fourth-order valence-electron chi connectivity index (χ4n) is 7.25. The SMILES string of the molecule is CC/C=C\C/C=C\C/C=C\CCCCCCCCCC(=O)OC(COCCC(C(=O)O)[N+](C)(C)C)COC(=O)CCCCCCCCCCC/C=C\C/C=C\CCCCCCC. The monoisotopic (exact) mass is 871 g/mol. The lowest BCUT2D eigenvalue weighted by Crippen LogP contribution is -2.50. The third kappa shape index (κ3) is 42.3. The first-order valence-electron chi connectivity index (χ1n) is 25.3. The van der Waals surface area contributed by atoms with Crippen LogP contribution in [0.1, 0.15) is 213 Å². The molecule has 0 aromatic heterocycles. The average Bonchev–Trinajstić information content (AvgIpc) is 3.23. The predicted molar refractivity (Wildman–Crippen MR) is 261 cm³/mol. The molecule has 0 bridgehead atoms. The van der Waals surface area contributed by atoms with Crippen molar-refractivity contribution in [3.63, 3.8) is 0 Å². The molecule has 358 valence electrons. The second kappa shape index (κ2) is 44.6. The van der Waals surface area contributed by atoms with Gasteiger partial charge in [0.1, 0.15) is 6.61 Å². The van der Waals surface area contributed by atoms with E-state index in [9.17, 15) is 19.5 Å². The largest absolute Gasteiger partial charge is 0.477 e. The van der Waals surface area contributed by atoms with Crippen molar-refractivity contribution in [2.45, 2.75) is 225 Å². The Morgan fingerprint density at radius 1 is 0.500 bits per heavy atom. The zero-order valence-electron chi connectivity index (χ0n) is 40.8. The zero-order chi connectivity index (χ0) is 45.6. The Balaban J connectivity index is 4.26. The van der Waals surface area contributed by atoms with E-state index >= 15 is 0 Å². The number of aliphatic carboxylic acids is 1. The molecule has 0 aliphatic rings. The van der Waals surface area contributed by atoms with Crippen LogP contribution in [-0.2, 0) is 28.6 Å². The third-order valence-corrected chi connectivity index (χ3v) is 11.2. The van der Waals surface area contributed by atoms with E-state index in [-0.39, 0.29) is 36.2 Å². The molecule has 8 heteroatoms. The molecule has 0 radical (unpaired) electrons. The van der Waals surface area contributed by atoms with Gasteiger partial charge in [-0.3, -0.25) is 9.59 Å². The molecule has 0 aliphatic carbocycles. The lowest BCUT2D eigenvalue weighted by Gasteiger charge is -2.31. The van der Waals surface area contributed by atoms with E-state index in [4.69, 9.17) is 14.2 Å². The van der Waals surface area contributed by atoms with Crippen molar-refractivity contribution in [2.75, 3.05) is 41.0 Å². The van der Waals surface area contributed by atoms with Crippen LogP contribution >= 0.6 is 0 Å². The molecule has 0 aromatic rings. The smallest absolute Gasteiger partial charge is 0.362 e. The van der Waals surface area contributed by atoms with Crippen LogP contribution in [0.5, 0.6) is 0 Å². The van der Waals surface area contributed by atoms with Crippen molar-refractivity contribution in [2.24, 2.45) is 0 Å². The van der Waals surface area contributed by atoms with Crippen molar-refractivity contribution in [3.8, 4) is 0 Å². The Bertz CT molecular complexity index is 1200. The van der Waals surface area contributed by atoms with Gasteiger partial charge < -0.3 is 23.8 Å². The summed E-state index contributed by atoms with van der Waals surface area (Å²) in [7, 11) is 5.53. The van der Waals surface area contributed by atoms with Crippen LogP contribution in [0.15, 0.2) is 60.8 Å². The minimum Gasteiger partial charge on any atom is -0.477 e. The van der Waals surface area contributed by atoms with Gasteiger partial charge in [-0.15, -0.1) is 0 Å². The molecule has 0 aromatic carbocycles. The molecule has 0 spiro atoms. The summed E-state index contributed by atoms with van der Waals surface area (Å²) in [4.78, 5) is 37.1. The molecule has 0 saturated heterocycles. The Hall–Kier alpha value is -2.97. The van der Waals surface area contributed by atoms with Gasteiger partial charge in [-0.1, -0.05) is 177 Å². The highest BCUT2D eigenvalue weighted by molar-refractivity contribution is 5.72. The number of carboxylic acid groups (broad SMARTS) is 1. The maximum Gasteiger partial charge on any atom is 0.362 e. The van der Waals surface area contributed by atoms with Crippen LogP contribution in [0, 0.1) is 0 Å². The van der Waals surface area contributed by atoms with E-state index in [0.717, 1.165) is 70.6 Å². The Morgan fingerprint density at radius 2 is 0.903 bits per heavy atom. The average molecular weight is 871 g/mol. The van der Waals surface area contributed by atoms with E-state index in [0.29, 0.717) is 19.3 Å². The molecule has 0 saturated carbocycles. The van der Waals surface area contributed by atoms with Crippen LogP contribution < -0.4 is 0 Å². The van der Waals surface area contributed by atoms with E-state index in [1.807, 2.05) is 21.1 Å². The minimum absolute atomic E-state index is 0.0543. The van der Waals surface area contributed by atoms with E-state index in [1.54, 1.807) is 0 Å². The molecule has 2 atom stereocenters. The summed E-state index contributed by atoms with van der Waals surface area (Å²) in [6, 6.07) is -0.619. The molecule has 2 unspecified atom stereocenters. The summed E-state index contributed by atoms with van der Waals surface area (Å²) in [5.41, 5.74) is 0. The number of hydrogen-bond donors (Lipinski definition) is 1. The fraction of sp³-hybridized carbons (Fsp3) is 0.759. The van der Waals surface area contributed by atoms with Gasteiger partial charge in [-0.05, 0) is 77.0 Å². The molecule has 0 heterocycles. The summed E-state index contributed by atoms with van der Waals surface area (Å²) in [5.74, 6) is -1.48. The number of rotatable bonds is 45. The summed E-state index contributed by atoms with van der Waals surface area (Å²) in [6.07, 6.45) is 55.5. The van der Waals surface area contributed by atoms with Crippen molar-refractivity contribution in [3.05, 3.63) is 60.8 Å². The molecule has 62 heavy (non-hydrogen) atoms. The predicted octanol–water partition coefficient (Wildman–Crippen LogP) is 14.5. The van der Waals surface area contributed by atoms with Crippen LogP contribution in [0.4, 0.5) is 0 Å². The van der Waals surface area contributed by atoms with Crippen LogP contribution in [-0.4, -0.2) is 80.6 Å². The quantitative estimate of drug-likeness (QED) is 0.0282. The van der Waals surface area contributed by atoms with Crippen molar-refractivity contribution in [1.82, 2.24) is 0 Å². The number of carbonyl (C=O) groups excluding carboxylic acids is 2. The number of allylic oxidation sites excluding steroid dienone is 10. The molecule has 0 aliphatic heterocycles. The lowest BCUT2D eigenvalue weighted by atomic mass is 10.1. The maximum atomic E-state index is 12.8. The standard InChI is InChI=1S/C54H95NO7/c1-6-8-10-12-14-16-18-20-22-24-25-26-27-29-30-32-34-36-38-40-42-44-52(56)61-49-50(48-60-47-46-51(54(58)59)55(3,4)5)62-53(57)45-43-41-39-37-35-33-31-28-23-21-19-17-15-13-11-9-7-2/h9,11,15,17-18,20-21,23-25,50-51H,6-8,10,12-14,16,19,22,26-49H2,1-5H3/p+1/b11-9-,17-15-,20-18-,23-21-,25-24-. The molecule has 0 amide bonds. The van der Waals surface area contributed by atoms with Crippen LogP contribution in [0.25, 0.3) is 0 Å². The van der Waals surface area contributed by atoms with Gasteiger partial charge >= 0.3 is 17.9 Å². The molecule has 0 rings (SSSR count). The number of quaternary nitrogens is 1. The van der Waals surface area contributed by atoms with Crippen molar-refractivity contribution < 1.29 is 38.2 Å². The van der Waals surface area contributed by atoms with Crippen LogP contribution in [0.3, 0.4) is 0 Å². The van der Waals surface area contributed by atoms with Gasteiger partial charge in [0.05, 0.1) is 34.4 Å². The van der Waals surface area contributed by atoms with Gasteiger partial charge in [-0.25, -0.2) is 4.79 Å². The second-order valence-corrected chi connectivity index (χ2v) is 18.0. The molecular weight excluding hydrogens is 775 g/mol. The van der Waals surface area contributed by atoms with E-state index in [1.165, 1.54) is 109 Å². The first kappa shape index (κ1) is 59.0. The van der Waals surface area contributed by atoms with Gasteiger partial charge in [0.15, 0.2) is 12.1 Å². The maximum absolute atomic E-state index is 12.8. The molecule has 0 fully saturated rings. The minimum atomic E-state index is -0.878. The molecule has 8 nitrogen and oxygen atoms in total. The van der Waals surface area contributed by atoms with Gasteiger partial charge in [0.2, 0.25) is 0 Å². The summed E-state index contributed by atoms with van der Waals surface area (Å²) in [5, 5.41) is 9.65. The normalized spacial score (nSPS) is 13.4. The Morgan fingerprint density at radius 3 is 1.34 bits per heavy atom. The number of carboxylic acids is 1. The molecule has 1 N–H and O–H groups in total. The molecular formula is C54H96NO7+. The lowest BCUT2D eigenvalue weighted by molar-refractivity contribution is -0.887. The first-order chi connectivity index (χ1) is 30.1. The highest BCUT2D eigenvalue weighted by atomic mass is 16.6. The van der Waals surface area contributed by atoms with Crippen molar-refractivity contribution in [1.29, 1.82) is 0 Å². The number of hydrogen-bond acceptors (Lipinski definition) is 6. The number of carbonyl (C=O) groups is 3. The van der Waals surface area contributed by atoms with Gasteiger partial charge in [-0.2, -0.15) is 0 Å². The number of likely N-dealkylation sites (N-methyl/N-ethyl adjacent to an activating group) is 1. The van der Waals surface area contributed by atoms with Gasteiger partial charge in [0, 0.05) is 19.3 Å². The topological polar surface area (TPSA) is 99.1 Å². The van der Waals surface area contributed by atoms with E-state index in [2.05, 4.69) is 74.6 Å². The summed E-state index contributed by atoms with van der Waals surface area (Å²) in [6.45, 7) is 4.61. The first-order valence-corrected chi connectivity index (χ1v) is 25.3. The summed E-state index contributed by atoms with van der Waals surface area (Å²) >= 11 is 0. The second-order valence-electron chi connectivity index (χ2n) is 18.0.